The molecule has 0 unspecified atom stereocenters. The number of carbonyl (C=O) groups is 1. The molecule has 1 N–H and O–H groups in total. The lowest BCUT2D eigenvalue weighted by Gasteiger charge is -2.31. The molecule has 22 heavy (non-hydrogen) atoms. The number of anilines is 1. The lowest BCUT2D eigenvalue weighted by molar-refractivity contribution is -0.128. The SMILES string of the molecule is COc1ccccc1NC(=O)[C@@H]1Oc2ccccc2O[C@@H]1C. The molecule has 1 aliphatic rings. The molecule has 0 aromatic heterocycles. The quantitative estimate of drug-likeness (QED) is 0.947. The first-order chi connectivity index (χ1) is 10.7. The van der Waals surface area contributed by atoms with Gasteiger partial charge >= 0.3 is 0 Å². The van der Waals surface area contributed by atoms with Crippen molar-refractivity contribution in [2.24, 2.45) is 0 Å². The zero-order valence-electron chi connectivity index (χ0n) is 12.4. The second kappa shape index (κ2) is 5.97. The van der Waals surface area contributed by atoms with E-state index >= 15 is 0 Å². The largest absolute Gasteiger partial charge is 0.495 e. The molecule has 0 radical (unpaired) electrons. The number of rotatable bonds is 3. The van der Waals surface area contributed by atoms with Gasteiger partial charge < -0.3 is 19.5 Å². The summed E-state index contributed by atoms with van der Waals surface area (Å²) in [5.41, 5.74) is 0.602. The highest BCUT2D eigenvalue weighted by molar-refractivity contribution is 5.96. The summed E-state index contributed by atoms with van der Waals surface area (Å²) < 4.78 is 16.7. The Bertz CT molecular complexity index is 686. The van der Waals surface area contributed by atoms with Crippen LogP contribution in [-0.4, -0.2) is 25.2 Å². The molecule has 1 aliphatic heterocycles. The number of amides is 1. The summed E-state index contributed by atoms with van der Waals surface area (Å²) in [6.45, 7) is 1.81. The predicted octanol–water partition coefficient (Wildman–Crippen LogP) is 2.86. The molecular weight excluding hydrogens is 282 g/mol. The van der Waals surface area contributed by atoms with Crippen molar-refractivity contribution >= 4 is 11.6 Å². The third kappa shape index (κ3) is 2.70. The van der Waals surface area contributed by atoms with Crippen LogP contribution in [-0.2, 0) is 4.79 Å². The van der Waals surface area contributed by atoms with Crippen LogP contribution in [0.2, 0.25) is 0 Å². The number of carbonyl (C=O) groups excluding carboxylic acids is 1. The number of methoxy groups -OCH3 is 1. The van der Waals surface area contributed by atoms with Crippen molar-refractivity contribution in [3.05, 3.63) is 48.5 Å². The van der Waals surface area contributed by atoms with Gasteiger partial charge in [0.1, 0.15) is 11.9 Å². The average molecular weight is 299 g/mol. The first kappa shape index (κ1) is 14.3. The van der Waals surface area contributed by atoms with Crippen LogP contribution < -0.4 is 19.5 Å². The van der Waals surface area contributed by atoms with Crippen LogP contribution in [0.5, 0.6) is 17.2 Å². The molecule has 0 bridgehead atoms. The van der Waals surface area contributed by atoms with Gasteiger partial charge in [-0.15, -0.1) is 0 Å². The molecule has 2 aromatic rings. The highest BCUT2D eigenvalue weighted by Gasteiger charge is 2.34. The molecule has 5 heteroatoms. The maximum absolute atomic E-state index is 12.5. The standard InChI is InChI=1S/C17H17NO4/c1-11-16(22-15-10-6-5-9-14(15)21-11)17(19)18-12-7-3-4-8-13(12)20-2/h3-11,16H,1-2H3,(H,18,19)/t11-,16-/m1/s1. The molecule has 0 spiro atoms. The van der Waals surface area contributed by atoms with Gasteiger partial charge in [0.25, 0.3) is 5.91 Å². The minimum absolute atomic E-state index is 0.272. The number of para-hydroxylation sites is 4. The van der Waals surface area contributed by atoms with Crippen LogP contribution in [0.4, 0.5) is 5.69 Å². The normalized spacial score (nSPS) is 19.4. The van der Waals surface area contributed by atoms with E-state index in [9.17, 15) is 4.79 Å². The lowest BCUT2D eigenvalue weighted by Crippen LogP contribution is -2.46. The maximum atomic E-state index is 12.5. The van der Waals surface area contributed by atoms with Gasteiger partial charge in [-0.2, -0.15) is 0 Å². The van der Waals surface area contributed by atoms with Crippen molar-refractivity contribution in [3.8, 4) is 17.2 Å². The maximum Gasteiger partial charge on any atom is 0.269 e. The molecule has 1 amide bonds. The molecule has 0 fully saturated rings. The summed E-state index contributed by atoms with van der Waals surface area (Å²) in [6.07, 6.45) is -1.11. The summed E-state index contributed by atoms with van der Waals surface area (Å²) in [5.74, 6) is 1.55. The molecule has 3 rings (SSSR count). The zero-order chi connectivity index (χ0) is 15.5. The van der Waals surface area contributed by atoms with E-state index in [1.54, 1.807) is 25.3 Å². The van der Waals surface area contributed by atoms with Crippen LogP contribution in [0.3, 0.4) is 0 Å². The molecule has 114 valence electrons. The van der Waals surface area contributed by atoms with Gasteiger partial charge in [0, 0.05) is 0 Å². The van der Waals surface area contributed by atoms with Gasteiger partial charge in [-0.05, 0) is 31.2 Å². The Labute approximate surface area is 128 Å². The fourth-order valence-corrected chi connectivity index (χ4v) is 2.36. The molecule has 0 saturated carbocycles. The van der Waals surface area contributed by atoms with Crippen molar-refractivity contribution in [3.63, 3.8) is 0 Å². The topological polar surface area (TPSA) is 56.8 Å². The molecule has 5 nitrogen and oxygen atoms in total. The second-order valence-corrected chi connectivity index (χ2v) is 5.00. The minimum atomic E-state index is -0.722. The Morgan fingerprint density at radius 2 is 1.68 bits per heavy atom. The van der Waals surface area contributed by atoms with Gasteiger partial charge in [-0.3, -0.25) is 4.79 Å². The van der Waals surface area contributed by atoms with Gasteiger partial charge in [0.05, 0.1) is 12.8 Å². The van der Waals surface area contributed by atoms with Crippen molar-refractivity contribution in [2.75, 3.05) is 12.4 Å². The van der Waals surface area contributed by atoms with Crippen LogP contribution in [0, 0.1) is 0 Å². The summed E-state index contributed by atoms with van der Waals surface area (Å²) in [4.78, 5) is 12.5. The van der Waals surface area contributed by atoms with Crippen LogP contribution in [0.25, 0.3) is 0 Å². The van der Waals surface area contributed by atoms with E-state index in [2.05, 4.69) is 5.32 Å². The summed E-state index contributed by atoms with van der Waals surface area (Å²) in [5, 5.41) is 2.82. The molecule has 0 aliphatic carbocycles. The Morgan fingerprint density at radius 1 is 1.05 bits per heavy atom. The Kier molecular flexibility index (Phi) is 3.87. The van der Waals surface area contributed by atoms with Gasteiger partial charge in [-0.25, -0.2) is 0 Å². The van der Waals surface area contributed by atoms with E-state index in [-0.39, 0.29) is 12.0 Å². The molecule has 0 saturated heterocycles. The first-order valence-corrected chi connectivity index (χ1v) is 7.05. The van der Waals surface area contributed by atoms with Crippen molar-refractivity contribution in [2.45, 2.75) is 19.1 Å². The number of ether oxygens (including phenoxy) is 3. The fraction of sp³-hybridized carbons (Fsp3) is 0.235. The van der Waals surface area contributed by atoms with Gasteiger partial charge in [0.2, 0.25) is 6.10 Å². The van der Waals surface area contributed by atoms with E-state index in [1.807, 2.05) is 37.3 Å². The Balaban J connectivity index is 1.78. The van der Waals surface area contributed by atoms with E-state index in [1.165, 1.54) is 0 Å². The smallest absolute Gasteiger partial charge is 0.269 e. The van der Waals surface area contributed by atoms with E-state index < -0.39 is 6.10 Å². The van der Waals surface area contributed by atoms with Gasteiger partial charge in [0.15, 0.2) is 11.5 Å². The predicted molar refractivity (Wildman–Crippen MR) is 82.6 cm³/mol. The second-order valence-electron chi connectivity index (χ2n) is 5.00. The average Bonchev–Trinajstić information content (AvgIpc) is 2.54. The third-order valence-electron chi connectivity index (χ3n) is 3.47. The van der Waals surface area contributed by atoms with Crippen molar-refractivity contribution in [1.29, 1.82) is 0 Å². The molecular formula is C17H17NO4. The number of hydrogen-bond donors (Lipinski definition) is 1. The van der Waals surface area contributed by atoms with Crippen LogP contribution in [0.15, 0.2) is 48.5 Å². The van der Waals surface area contributed by atoms with E-state index in [4.69, 9.17) is 14.2 Å². The minimum Gasteiger partial charge on any atom is -0.495 e. The summed E-state index contributed by atoms with van der Waals surface area (Å²) >= 11 is 0. The van der Waals surface area contributed by atoms with Crippen molar-refractivity contribution < 1.29 is 19.0 Å². The Morgan fingerprint density at radius 3 is 2.41 bits per heavy atom. The van der Waals surface area contributed by atoms with Crippen molar-refractivity contribution in [1.82, 2.24) is 0 Å². The zero-order valence-corrected chi connectivity index (χ0v) is 12.4. The monoisotopic (exact) mass is 299 g/mol. The number of benzene rings is 2. The number of hydrogen-bond acceptors (Lipinski definition) is 4. The third-order valence-corrected chi connectivity index (χ3v) is 3.47. The highest BCUT2D eigenvalue weighted by Crippen LogP contribution is 2.34. The Hall–Kier alpha value is -2.69. The summed E-state index contributed by atoms with van der Waals surface area (Å²) in [6, 6.07) is 14.5. The molecule has 1 heterocycles. The van der Waals surface area contributed by atoms with E-state index in [0.29, 0.717) is 22.9 Å². The van der Waals surface area contributed by atoms with Gasteiger partial charge in [-0.1, -0.05) is 24.3 Å². The van der Waals surface area contributed by atoms with E-state index in [0.717, 1.165) is 0 Å². The highest BCUT2D eigenvalue weighted by atomic mass is 16.6. The molecule has 2 atom stereocenters. The lowest BCUT2D eigenvalue weighted by atomic mass is 10.1. The summed E-state index contributed by atoms with van der Waals surface area (Å²) in [7, 11) is 1.56. The number of fused-ring (bicyclic) bond motifs is 1. The number of nitrogens with one attached hydrogen (secondary N) is 1. The first-order valence-electron chi connectivity index (χ1n) is 7.05. The fourth-order valence-electron chi connectivity index (χ4n) is 2.36. The van der Waals surface area contributed by atoms with Crippen LogP contribution >= 0.6 is 0 Å². The molecule has 2 aromatic carbocycles. The van der Waals surface area contributed by atoms with Crippen LogP contribution in [0.1, 0.15) is 6.92 Å².